The third kappa shape index (κ3) is 1.57. The molecule has 0 spiro atoms. The van der Waals surface area contributed by atoms with Crippen LogP contribution in [0.4, 0.5) is 0 Å². The van der Waals surface area contributed by atoms with Gasteiger partial charge in [0, 0.05) is 0 Å². The predicted molar refractivity (Wildman–Crippen MR) is 47.6 cm³/mol. The van der Waals surface area contributed by atoms with Gasteiger partial charge in [-0.2, -0.15) is 0 Å². The molecule has 0 fully saturated rings. The Hall–Kier alpha value is -1.88. The van der Waals surface area contributed by atoms with Gasteiger partial charge in [-0.1, -0.05) is 12.1 Å². The van der Waals surface area contributed by atoms with E-state index in [9.17, 15) is 4.79 Å². The van der Waals surface area contributed by atoms with Crippen LogP contribution in [0.15, 0.2) is 28.7 Å². The van der Waals surface area contributed by atoms with Crippen LogP contribution in [0.2, 0.25) is 0 Å². The van der Waals surface area contributed by atoms with Crippen molar-refractivity contribution in [2.24, 2.45) is 0 Å². The molecule has 72 valence electrons. The smallest absolute Gasteiger partial charge is 0.252 e. The summed E-state index contributed by atoms with van der Waals surface area (Å²) in [7, 11) is 0. The molecule has 0 radical (unpaired) electrons. The molecule has 1 heterocycles. The summed E-state index contributed by atoms with van der Waals surface area (Å²) < 4.78 is 5.26. The van der Waals surface area contributed by atoms with Crippen LogP contribution in [0.25, 0.3) is 11.1 Å². The summed E-state index contributed by atoms with van der Waals surface area (Å²) in [6.07, 6.45) is -0.0643. The maximum absolute atomic E-state index is 10.8. The standard InChI is InChI=1S/C9H8N2O3/c12-8(11-13)5-9-10-6-3-1-2-4-7(6)14-9/h1-4,13H,5H2,(H,11,12). The highest BCUT2D eigenvalue weighted by atomic mass is 16.5. The van der Waals surface area contributed by atoms with Gasteiger partial charge in [-0.05, 0) is 12.1 Å². The zero-order valence-corrected chi connectivity index (χ0v) is 7.23. The Kier molecular flexibility index (Phi) is 2.16. The molecule has 0 bridgehead atoms. The van der Waals surface area contributed by atoms with Gasteiger partial charge in [-0.25, -0.2) is 10.5 Å². The van der Waals surface area contributed by atoms with E-state index in [0.717, 1.165) is 0 Å². The van der Waals surface area contributed by atoms with Gasteiger partial charge in [0.05, 0.1) is 0 Å². The molecular weight excluding hydrogens is 184 g/mol. The number of para-hydroxylation sites is 2. The Labute approximate surface area is 79.3 Å². The van der Waals surface area contributed by atoms with Gasteiger partial charge in [0.1, 0.15) is 11.9 Å². The molecular formula is C9H8N2O3. The fraction of sp³-hybridized carbons (Fsp3) is 0.111. The second kappa shape index (κ2) is 3.47. The highest BCUT2D eigenvalue weighted by Gasteiger charge is 2.08. The summed E-state index contributed by atoms with van der Waals surface area (Å²) in [6.45, 7) is 0. The van der Waals surface area contributed by atoms with Crippen LogP contribution >= 0.6 is 0 Å². The van der Waals surface area contributed by atoms with E-state index < -0.39 is 5.91 Å². The largest absolute Gasteiger partial charge is 0.440 e. The second-order valence-electron chi connectivity index (χ2n) is 2.79. The molecule has 0 atom stereocenters. The van der Waals surface area contributed by atoms with Gasteiger partial charge in [0.25, 0.3) is 5.91 Å². The molecule has 0 saturated carbocycles. The van der Waals surface area contributed by atoms with Crippen molar-refractivity contribution in [1.29, 1.82) is 0 Å². The minimum Gasteiger partial charge on any atom is -0.440 e. The first-order valence-electron chi connectivity index (χ1n) is 4.07. The highest BCUT2D eigenvalue weighted by molar-refractivity contribution is 5.78. The zero-order valence-electron chi connectivity index (χ0n) is 7.23. The maximum Gasteiger partial charge on any atom is 0.252 e. The lowest BCUT2D eigenvalue weighted by Crippen LogP contribution is -2.20. The van der Waals surface area contributed by atoms with E-state index >= 15 is 0 Å². The SMILES string of the molecule is O=C(Cc1nc2ccccc2o1)NO. The second-order valence-corrected chi connectivity index (χ2v) is 2.79. The Morgan fingerprint density at radius 3 is 3.00 bits per heavy atom. The van der Waals surface area contributed by atoms with Gasteiger partial charge < -0.3 is 4.42 Å². The van der Waals surface area contributed by atoms with Crippen molar-refractivity contribution in [1.82, 2.24) is 10.5 Å². The number of carbonyl (C=O) groups excluding carboxylic acids is 1. The molecule has 5 heteroatoms. The van der Waals surface area contributed by atoms with Crippen LogP contribution in [0.5, 0.6) is 0 Å². The van der Waals surface area contributed by atoms with Crippen molar-refractivity contribution in [2.75, 3.05) is 0 Å². The lowest BCUT2D eigenvalue weighted by Gasteiger charge is -1.91. The molecule has 2 aromatic rings. The fourth-order valence-corrected chi connectivity index (χ4v) is 1.17. The summed E-state index contributed by atoms with van der Waals surface area (Å²) >= 11 is 0. The third-order valence-electron chi connectivity index (χ3n) is 1.77. The Morgan fingerprint density at radius 1 is 1.50 bits per heavy atom. The first-order valence-corrected chi connectivity index (χ1v) is 4.07. The molecule has 1 aromatic heterocycles. The van der Waals surface area contributed by atoms with E-state index in [0.29, 0.717) is 11.1 Å². The number of aromatic nitrogens is 1. The summed E-state index contributed by atoms with van der Waals surface area (Å²) in [5.74, 6) is -0.255. The molecule has 1 aromatic carbocycles. The van der Waals surface area contributed by atoms with E-state index in [1.54, 1.807) is 12.1 Å². The molecule has 14 heavy (non-hydrogen) atoms. The van der Waals surface area contributed by atoms with Gasteiger partial charge in [-0.15, -0.1) is 0 Å². The average molecular weight is 192 g/mol. The third-order valence-corrected chi connectivity index (χ3v) is 1.77. The molecule has 5 nitrogen and oxygen atoms in total. The number of oxazole rings is 1. The van der Waals surface area contributed by atoms with E-state index in [4.69, 9.17) is 9.62 Å². The van der Waals surface area contributed by atoms with Crippen LogP contribution in [-0.4, -0.2) is 16.1 Å². The topological polar surface area (TPSA) is 75.4 Å². The number of hydroxylamine groups is 1. The van der Waals surface area contributed by atoms with Crippen molar-refractivity contribution >= 4 is 17.0 Å². The van der Waals surface area contributed by atoms with Crippen molar-refractivity contribution in [3.05, 3.63) is 30.2 Å². The van der Waals surface area contributed by atoms with Gasteiger partial charge >= 0.3 is 0 Å². The number of hydrogen-bond donors (Lipinski definition) is 2. The molecule has 0 aliphatic rings. The monoisotopic (exact) mass is 192 g/mol. The van der Waals surface area contributed by atoms with Gasteiger partial charge in [-0.3, -0.25) is 10.0 Å². The first-order chi connectivity index (χ1) is 6.79. The number of carbonyl (C=O) groups is 1. The predicted octanol–water partition coefficient (Wildman–Crippen LogP) is 0.876. The number of nitrogens with one attached hydrogen (secondary N) is 1. The van der Waals surface area contributed by atoms with Crippen LogP contribution in [0.1, 0.15) is 5.89 Å². The lowest BCUT2D eigenvalue weighted by atomic mass is 10.3. The zero-order chi connectivity index (χ0) is 9.97. The number of nitrogens with zero attached hydrogens (tertiary/aromatic N) is 1. The molecule has 0 unspecified atom stereocenters. The van der Waals surface area contributed by atoms with Crippen molar-refractivity contribution < 1.29 is 14.4 Å². The Morgan fingerprint density at radius 2 is 2.29 bits per heavy atom. The van der Waals surface area contributed by atoms with Crippen molar-refractivity contribution in [3.63, 3.8) is 0 Å². The Balaban J connectivity index is 2.31. The molecule has 0 saturated heterocycles. The summed E-state index contributed by atoms with van der Waals surface area (Å²) in [5.41, 5.74) is 2.85. The van der Waals surface area contributed by atoms with E-state index in [-0.39, 0.29) is 12.3 Å². The normalized spacial score (nSPS) is 10.4. The average Bonchev–Trinajstić information content (AvgIpc) is 2.59. The van der Waals surface area contributed by atoms with Crippen molar-refractivity contribution in [2.45, 2.75) is 6.42 Å². The molecule has 0 aliphatic heterocycles. The minimum atomic E-state index is -0.545. The molecule has 2 rings (SSSR count). The van der Waals surface area contributed by atoms with Crippen LogP contribution in [0.3, 0.4) is 0 Å². The lowest BCUT2D eigenvalue weighted by molar-refractivity contribution is -0.128. The molecule has 0 aliphatic carbocycles. The maximum atomic E-state index is 10.8. The minimum absolute atomic E-state index is 0.0643. The number of benzene rings is 1. The van der Waals surface area contributed by atoms with Crippen LogP contribution in [0, 0.1) is 0 Å². The first kappa shape index (κ1) is 8.71. The molecule has 1 amide bonds. The van der Waals surface area contributed by atoms with E-state index in [2.05, 4.69) is 4.98 Å². The number of hydrogen-bond acceptors (Lipinski definition) is 4. The Bertz CT molecular complexity index is 431. The van der Waals surface area contributed by atoms with Gasteiger partial charge in [0.2, 0.25) is 5.89 Å². The molecule has 2 N–H and O–H groups in total. The summed E-state index contributed by atoms with van der Waals surface area (Å²) in [5, 5.41) is 8.30. The van der Waals surface area contributed by atoms with Crippen LogP contribution < -0.4 is 5.48 Å². The summed E-state index contributed by atoms with van der Waals surface area (Å²) in [4.78, 5) is 14.9. The van der Waals surface area contributed by atoms with Gasteiger partial charge in [0.15, 0.2) is 5.58 Å². The fourth-order valence-electron chi connectivity index (χ4n) is 1.17. The van der Waals surface area contributed by atoms with E-state index in [1.165, 1.54) is 5.48 Å². The van der Waals surface area contributed by atoms with Crippen LogP contribution in [-0.2, 0) is 11.2 Å². The number of fused-ring (bicyclic) bond motifs is 1. The van der Waals surface area contributed by atoms with Crippen molar-refractivity contribution in [3.8, 4) is 0 Å². The number of amides is 1. The summed E-state index contributed by atoms with van der Waals surface area (Å²) in [6, 6.07) is 7.21. The quantitative estimate of drug-likeness (QED) is 0.547. The highest BCUT2D eigenvalue weighted by Crippen LogP contribution is 2.14. The number of rotatable bonds is 2. The van der Waals surface area contributed by atoms with E-state index in [1.807, 2.05) is 12.1 Å².